The molecule has 0 spiro atoms. The van der Waals surface area contributed by atoms with Crippen molar-refractivity contribution in [3.05, 3.63) is 58.3 Å². The fourth-order valence-electron chi connectivity index (χ4n) is 2.00. The number of carbonyl (C=O) groups excluding carboxylic acids is 1. The number of halogens is 2. The molecule has 0 aromatic heterocycles. The average molecular weight is 394 g/mol. The highest BCUT2D eigenvalue weighted by atomic mass is 79.9. The molecule has 1 amide bonds. The van der Waals surface area contributed by atoms with Gasteiger partial charge in [-0.2, -0.15) is 0 Å². The minimum Gasteiger partial charge on any atom is -0.493 e. The Labute approximate surface area is 148 Å². The SMILES string of the molecule is CCOc1cc(/C=C/C(=O)Nc2ccc(Br)cc2F)ccc1OC. The largest absolute Gasteiger partial charge is 0.493 e. The van der Waals surface area contributed by atoms with Crippen LogP contribution in [0.25, 0.3) is 6.08 Å². The minimum absolute atomic E-state index is 0.123. The zero-order valence-electron chi connectivity index (χ0n) is 13.3. The Balaban J connectivity index is 2.09. The average Bonchev–Trinajstić information content (AvgIpc) is 2.56. The van der Waals surface area contributed by atoms with Crippen LogP contribution >= 0.6 is 15.9 Å². The molecule has 0 unspecified atom stereocenters. The first-order valence-corrected chi connectivity index (χ1v) is 8.07. The second kappa shape index (κ2) is 8.49. The van der Waals surface area contributed by atoms with Crippen molar-refractivity contribution in [2.45, 2.75) is 6.92 Å². The number of methoxy groups -OCH3 is 1. The summed E-state index contributed by atoms with van der Waals surface area (Å²) in [6, 6.07) is 9.76. The van der Waals surface area contributed by atoms with Crippen molar-refractivity contribution in [3.8, 4) is 11.5 Å². The van der Waals surface area contributed by atoms with Crippen molar-refractivity contribution in [1.82, 2.24) is 0 Å². The lowest BCUT2D eigenvalue weighted by Gasteiger charge is -2.09. The first-order chi connectivity index (χ1) is 11.5. The number of hydrogen-bond donors (Lipinski definition) is 1. The van der Waals surface area contributed by atoms with Crippen molar-refractivity contribution in [2.24, 2.45) is 0 Å². The predicted molar refractivity (Wildman–Crippen MR) is 95.9 cm³/mol. The van der Waals surface area contributed by atoms with Crippen molar-refractivity contribution >= 4 is 33.6 Å². The molecular formula is C18H17BrFNO3. The van der Waals surface area contributed by atoms with Crippen LogP contribution in [-0.2, 0) is 4.79 Å². The number of ether oxygens (including phenoxy) is 2. The summed E-state index contributed by atoms with van der Waals surface area (Å²) in [5.41, 5.74) is 0.892. The summed E-state index contributed by atoms with van der Waals surface area (Å²) in [7, 11) is 1.56. The van der Waals surface area contributed by atoms with Gasteiger partial charge in [0, 0.05) is 10.5 Å². The molecule has 24 heavy (non-hydrogen) atoms. The summed E-state index contributed by atoms with van der Waals surface area (Å²) in [6.45, 7) is 2.38. The van der Waals surface area contributed by atoms with Crippen LogP contribution in [0.2, 0.25) is 0 Å². The molecule has 126 valence electrons. The van der Waals surface area contributed by atoms with Gasteiger partial charge >= 0.3 is 0 Å². The monoisotopic (exact) mass is 393 g/mol. The van der Waals surface area contributed by atoms with Crippen molar-refractivity contribution in [1.29, 1.82) is 0 Å². The Morgan fingerprint density at radius 2 is 2.04 bits per heavy atom. The van der Waals surface area contributed by atoms with E-state index in [9.17, 15) is 9.18 Å². The third-order valence-electron chi connectivity index (χ3n) is 3.10. The van der Waals surface area contributed by atoms with Gasteiger partial charge in [0.1, 0.15) is 5.82 Å². The van der Waals surface area contributed by atoms with Crippen molar-refractivity contribution in [3.63, 3.8) is 0 Å². The number of amides is 1. The molecule has 2 aromatic rings. The lowest BCUT2D eigenvalue weighted by Crippen LogP contribution is -2.09. The Morgan fingerprint density at radius 1 is 1.25 bits per heavy atom. The molecule has 0 radical (unpaired) electrons. The van der Waals surface area contributed by atoms with Crippen LogP contribution in [0.15, 0.2) is 46.9 Å². The summed E-state index contributed by atoms with van der Waals surface area (Å²) >= 11 is 3.17. The van der Waals surface area contributed by atoms with Gasteiger partial charge in [-0.25, -0.2) is 4.39 Å². The van der Waals surface area contributed by atoms with E-state index in [2.05, 4.69) is 21.2 Å². The third kappa shape index (κ3) is 4.83. The van der Waals surface area contributed by atoms with Crippen LogP contribution in [0.1, 0.15) is 12.5 Å². The van der Waals surface area contributed by atoms with Crippen molar-refractivity contribution < 1.29 is 18.7 Å². The van der Waals surface area contributed by atoms with Gasteiger partial charge in [-0.3, -0.25) is 4.79 Å². The summed E-state index contributed by atoms with van der Waals surface area (Å²) in [4.78, 5) is 11.9. The van der Waals surface area contributed by atoms with E-state index in [1.165, 1.54) is 18.2 Å². The molecule has 0 aliphatic carbocycles. The smallest absolute Gasteiger partial charge is 0.248 e. The van der Waals surface area contributed by atoms with E-state index < -0.39 is 11.7 Å². The summed E-state index contributed by atoms with van der Waals surface area (Å²) < 4.78 is 25.0. The van der Waals surface area contributed by atoms with Crippen LogP contribution < -0.4 is 14.8 Å². The third-order valence-corrected chi connectivity index (χ3v) is 3.60. The molecule has 2 rings (SSSR count). The zero-order chi connectivity index (χ0) is 17.5. The topological polar surface area (TPSA) is 47.6 Å². The molecule has 0 atom stereocenters. The number of carbonyl (C=O) groups is 1. The molecular weight excluding hydrogens is 377 g/mol. The van der Waals surface area contributed by atoms with Crippen LogP contribution in [0, 0.1) is 5.82 Å². The molecule has 0 saturated carbocycles. The normalized spacial score (nSPS) is 10.7. The highest BCUT2D eigenvalue weighted by Gasteiger charge is 2.06. The van der Waals surface area contributed by atoms with Crippen molar-refractivity contribution in [2.75, 3.05) is 19.0 Å². The maximum atomic E-state index is 13.7. The lowest BCUT2D eigenvalue weighted by atomic mass is 10.2. The van der Waals surface area contributed by atoms with Crippen LogP contribution in [0.3, 0.4) is 0 Å². The second-order valence-corrected chi connectivity index (χ2v) is 5.71. The maximum absolute atomic E-state index is 13.7. The Morgan fingerprint density at radius 3 is 2.71 bits per heavy atom. The lowest BCUT2D eigenvalue weighted by molar-refractivity contribution is -0.111. The van der Waals surface area contributed by atoms with Gasteiger partial charge in [-0.1, -0.05) is 22.0 Å². The summed E-state index contributed by atoms with van der Waals surface area (Å²) in [5, 5.41) is 2.49. The molecule has 0 bridgehead atoms. The van der Waals surface area contributed by atoms with Gasteiger partial charge in [-0.05, 0) is 48.9 Å². The molecule has 1 N–H and O–H groups in total. The van der Waals surface area contributed by atoms with E-state index in [0.29, 0.717) is 22.6 Å². The zero-order valence-corrected chi connectivity index (χ0v) is 14.9. The van der Waals surface area contributed by atoms with E-state index >= 15 is 0 Å². The molecule has 6 heteroatoms. The predicted octanol–water partition coefficient (Wildman–Crippen LogP) is 4.65. The van der Waals surface area contributed by atoms with Gasteiger partial charge in [0.05, 0.1) is 19.4 Å². The van der Waals surface area contributed by atoms with Gasteiger partial charge in [0.15, 0.2) is 11.5 Å². The molecule has 0 aliphatic rings. The molecule has 0 saturated heterocycles. The van der Waals surface area contributed by atoms with Crippen LogP contribution in [0.5, 0.6) is 11.5 Å². The second-order valence-electron chi connectivity index (χ2n) is 4.79. The number of hydrogen-bond acceptors (Lipinski definition) is 3. The van der Waals surface area contributed by atoms with Crippen LogP contribution in [-0.4, -0.2) is 19.6 Å². The molecule has 4 nitrogen and oxygen atoms in total. The van der Waals surface area contributed by atoms with E-state index in [-0.39, 0.29) is 5.69 Å². The van der Waals surface area contributed by atoms with E-state index in [0.717, 1.165) is 5.56 Å². The van der Waals surface area contributed by atoms with Gasteiger partial charge in [0.2, 0.25) is 5.91 Å². The quantitative estimate of drug-likeness (QED) is 0.726. The molecule has 0 fully saturated rings. The first-order valence-electron chi connectivity index (χ1n) is 7.28. The Kier molecular flexibility index (Phi) is 6.37. The summed E-state index contributed by atoms with van der Waals surface area (Å²) in [5.74, 6) is 0.288. The fourth-order valence-corrected chi connectivity index (χ4v) is 2.34. The number of nitrogens with one attached hydrogen (secondary N) is 1. The van der Waals surface area contributed by atoms with E-state index in [4.69, 9.17) is 9.47 Å². The maximum Gasteiger partial charge on any atom is 0.248 e. The highest BCUT2D eigenvalue weighted by molar-refractivity contribution is 9.10. The molecule has 0 aliphatic heterocycles. The van der Waals surface area contributed by atoms with Crippen LogP contribution in [0.4, 0.5) is 10.1 Å². The Hall–Kier alpha value is -2.34. The molecule has 2 aromatic carbocycles. The molecule has 0 heterocycles. The summed E-state index contributed by atoms with van der Waals surface area (Å²) in [6.07, 6.45) is 2.95. The number of anilines is 1. The fraction of sp³-hybridized carbons (Fsp3) is 0.167. The first kappa shape index (κ1) is 18.0. The van der Waals surface area contributed by atoms with Gasteiger partial charge in [-0.15, -0.1) is 0 Å². The van der Waals surface area contributed by atoms with Gasteiger partial charge < -0.3 is 14.8 Å². The highest BCUT2D eigenvalue weighted by Crippen LogP contribution is 2.28. The minimum atomic E-state index is -0.505. The number of benzene rings is 2. The van der Waals surface area contributed by atoms with Gasteiger partial charge in [0.25, 0.3) is 0 Å². The van der Waals surface area contributed by atoms with E-state index in [1.54, 1.807) is 37.5 Å². The Bertz CT molecular complexity index is 762. The standard InChI is InChI=1S/C18H17BrFNO3/c1-3-24-17-10-12(4-8-16(17)23-2)5-9-18(22)21-15-7-6-13(19)11-14(15)20/h4-11H,3H2,1-2H3,(H,21,22)/b9-5+. The van der Waals surface area contributed by atoms with E-state index in [1.807, 2.05) is 6.92 Å². The number of rotatable bonds is 6.